The normalized spacial score (nSPS) is 20.5. The Kier molecular flexibility index (Phi) is 11.9. The number of carbonyl (C=O) groups is 4. The van der Waals surface area contributed by atoms with E-state index in [9.17, 15) is 24.3 Å². The van der Waals surface area contributed by atoms with Crippen molar-refractivity contribution in [2.75, 3.05) is 70.8 Å². The van der Waals surface area contributed by atoms with Crippen LogP contribution in [-0.2, 0) is 27.2 Å². The Morgan fingerprint density at radius 2 is 1.48 bits per heavy atom. The molecule has 4 heterocycles. The van der Waals surface area contributed by atoms with Crippen LogP contribution in [0.1, 0.15) is 36.8 Å². The summed E-state index contributed by atoms with van der Waals surface area (Å²) in [4.78, 5) is 61.4. The summed E-state index contributed by atoms with van der Waals surface area (Å²) in [6.07, 6.45) is 2.05. The quantitative estimate of drug-likeness (QED) is 0.357. The van der Waals surface area contributed by atoms with Gasteiger partial charge in [-0.1, -0.05) is 18.2 Å². The molecule has 4 amide bonds. The summed E-state index contributed by atoms with van der Waals surface area (Å²) in [7, 11) is 0. The molecule has 50 heavy (non-hydrogen) atoms. The van der Waals surface area contributed by atoms with Crippen molar-refractivity contribution < 1.29 is 34.1 Å². The van der Waals surface area contributed by atoms with Crippen LogP contribution >= 0.6 is 31.9 Å². The van der Waals surface area contributed by atoms with Gasteiger partial charge in [0.1, 0.15) is 5.75 Å². The summed E-state index contributed by atoms with van der Waals surface area (Å²) < 4.78 is 6.94. The van der Waals surface area contributed by atoms with E-state index in [1.165, 1.54) is 0 Å². The van der Waals surface area contributed by atoms with Gasteiger partial charge < -0.3 is 35.0 Å². The number of piperazine rings is 1. The average Bonchev–Trinajstić information content (AvgIpc) is 3.28. The van der Waals surface area contributed by atoms with Gasteiger partial charge in [-0.3, -0.25) is 19.4 Å². The topological polar surface area (TPSA) is 146 Å². The number of halogens is 2. The maximum atomic E-state index is 14.0. The Hall–Kier alpha value is -3.40. The number of likely N-dealkylation sites (tertiary alicyclic amines) is 2. The SMILES string of the molecule is O=C(O)CN1CCN(C2CCN(C(=O)C(Cc3cc(Br)c(O)c(Br)c3)OC(=O)N3CCC(N4CCc5ccccc5NC4=O)CC3)CC2)CC1. The van der Waals surface area contributed by atoms with Crippen LogP contribution < -0.4 is 5.32 Å². The zero-order chi connectivity index (χ0) is 35.4. The minimum Gasteiger partial charge on any atom is -0.506 e. The highest BCUT2D eigenvalue weighted by Crippen LogP contribution is 2.34. The van der Waals surface area contributed by atoms with Crippen molar-refractivity contribution in [3.63, 3.8) is 0 Å². The molecule has 2 aromatic carbocycles. The highest BCUT2D eigenvalue weighted by Gasteiger charge is 2.37. The lowest BCUT2D eigenvalue weighted by Crippen LogP contribution is -2.55. The average molecular weight is 821 g/mol. The first-order chi connectivity index (χ1) is 24.0. The van der Waals surface area contributed by atoms with Crippen molar-refractivity contribution in [2.45, 2.75) is 56.7 Å². The lowest BCUT2D eigenvalue weighted by molar-refractivity contribution is -0.142. The second kappa shape index (κ2) is 16.3. The van der Waals surface area contributed by atoms with Gasteiger partial charge in [-0.2, -0.15) is 0 Å². The molecule has 270 valence electrons. The number of carboxylic acids is 1. The number of piperidine rings is 2. The van der Waals surface area contributed by atoms with Crippen LogP contribution in [0.4, 0.5) is 15.3 Å². The van der Waals surface area contributed by atoms with Crippen LogP contribution in [0, 0.1) is 0 Å². The predicted molar refractivity (Wildman–Crippen MR) is 193 cm³/mol. The number of fused-ring (bicyclic) bond motifs is 1. The molecule has 0 saturated carbocycles. The highest BCUT2D eigenvalue weighted by molar-refractivity contribution is 9.11. The number of aromatic hydroxyl groups is 1. The largest absolute Gasteiger partial charge is 0.506 e. The summed E-state index contributed by atoms with van der Waals surface area (Å²) in [6, 6.07) is 11.4. The summed E-state index contributed by atoms with van der Waals surface area (Å²) >= 11 is 6.74. The predicted octanol–water partition coefficient (Wildman–Crippen LogP) is 4.21. The summed E-state index contributed by atoms with van der Waals surface area (Å²) in [5, 5.41) is 22.4. The number of phenolic OH excluding ortho intramolecular Hbond substituents is 1. The van der Waals surface area contributed by atoms with Crippen molar-refractivity contribution in [1.29, 1.82) is 0 Å². The van der Waals surface area contributed by atoms with Crippen LogP contribution in [0.2, 0.25) is 0 Å². The molecule has 0 aromatic heterocycles. The molecule has 4 aliphatic heterocycles. The number of para-hydroxylation sites is 1. The first-order valence-corrected chi connectivity index (χ1v) is 18.9. The van der Waals surface area contributed by atoms with Crippen molar-refractivity contribution >= 4 is 61.5 Å². The zero-order valence-electron chi connectivity index (χ0n) is 27.9. The number of rotatable bonds is 8. The maximum Gasteiger partial charge on any atom is 0.410 e. The van der Waals surface area contributed by atoms with Gasteiger partial charge >= 0.3 is 18.1 Å². The van der Waals surface area contributed by atoms with Crippen LogP contribution in [0.5, 0.6) is 5.75 Å². The molecular weight excluding hydrogens is 776 g/mol. The van der Waals surface area contributed by atoms with E-state index < -0.39 is 18.2 Å². The lowest BCUT2D eigenvalue weighted by atomic mass is 10.0. The van der Waals surface area contributed by atoms with Gasteiger partial charge in [0.2, 0.25) is 0 Å². The van der Waals surface area contributed by atoms with Gasteiger partial charge in [0.15, 0.2) is 6.10 Å². The van der Waals surface area contributed by atoms with E-state index in [4.69, 9.17) is 9.84 Å². The fourth-order valence-electron chi connectivity index (χ4n) is 7.56. The first kappa shape index (κ1) is 36.4. The third-order valence-corrected chi connectivity index (χ3v) is 11.6. The van der Waals surface area contributed by atoms with Gasteiger partial charge in [-0.05, 0) is 93.3 Å². The molecular formula is C35H44Br2N6O7. The Morgan fingerprint density at radius 1 is 0.860 bits per heavy atom. The van der Waals surface area contributed by atoms with E-state index >= 15 is 0 Å². The molecule has 3 saturated heterocycles. The van der Waals surface area contributed by atoms with Gasteiger partial charge in [0.25, 0.3) is 5.91 Å². The molecule has 1 unspecified atom stereocenters. The number of urea groups is 1. The highest BCUT2D eigenvalue weighted by atomic mass is 79.9. The van der Waals surface area contributed by atoms with Gasteiger partial charge in [-0.25, -0.2) is 9.59 Å². The smallest absolute Gasteiger partial charge is 0.410 e. The molecule has 0 bridgehead atoms. The summed E-state index contributed by atoms with van der Waals surface area (Å²) in [6.45, 7) is 5.53. The molecule has 0 radical (unpaired) electrons. The van der Waals surface area contributed by atoms with Gasteiger partial charge in [0, 0.05) is 83.1 Å². The molecule has 3 fully saturated rings. The van der Waals surface area contributed by atoms with Gasteiger partial charge in [-0.15, -0.1) is 0 Å². The Bertz CT molecular complexity index is 1550. The Labute approximate surface area is 308 Å². The van der Waals surface area contributed by atoms with Crippen LogP contribution in [0.3, 0.4) is 0 Å². The number of hydrogen-bond donors (Lipinski definition) is 3. The van der Waals surface area contributed by atoms with E-state index in [2.05, 4.69) is 42.1 Å². The van der Waals surface area contributed by atoms with Crippen molar-refractivity contribution in [3.05, 3.63) is 56.5 Å². The van der Waals surface area contributed by atoms with Crippen molar-refractivity contribution in [3.8, 4) is 5.75 Å². The zero-order valence-corrected chi connectivity index (χ0v) is 31.1. The van der Waals surface area contributed by atoms with E-state index in [-0.39, 0.29) is 36.7 Å². The standard InChI is InChI=1S/C35H44Br2N6O7/c36-27-19-23(20-28(37)32(27)46)21-30(33(47)41-10-6-25(7-11-41)40-17-15-39(16-18-40)22-31(44)45)50-35(49)42-12-8-26(9-13-42)43-14-5-24-3-1-2-4-29(24)38-34(43)48/h1-4,19-20,25-26,30,46H,5-18,21-22H2,(H,38,48)(H,44,45). The minimum absolute atomic E-state index is 0.0149. The van der Waals surface area contributed by atoms with Gasteiger partial charge in [0.05, 0.1) is 15.5 Å². The molecule has 1 atom stereocenters. The molecule has 4 aliphatic rings. The van der Waals surface area contributed by atoms with E-state index in [0.29, 0.717) is 79.2 Å². The lowest BCUT2D eigenvalue weighted by Gasteiger charge is -2.43. The molecule has 0 spiro atoms. The summed E-state index contributed by atoms with van der Waals surface area (Å²) in [5.74, 6) is -1.02. The van der Waals surface area contributed by atoms with Crippen LogP contribution in [-0.4, -0.2) is 142 Å². The molecule has 15 heteroatoms. The van der Waals surface area contributed by atoms with E-state index in [0.717, 1.165) is 43.6 Å². The number of nitrogens with one attached hydrogen (secondary N) is 1. The molecule has 6 rings (SSSR count). The fourth-order valence-corrected chi connectivity index (χ4v) is 8.84. The van der Waals surface area contributed by atoms with Crippen molar-refractivity contribution in [2.24, 2.45) is 0 Å². The number of aliphatic carboxylic acids is 1. The third kappa shape index (κ3) is 8.72. The molecule has 3 N–H and O–H groups in total. The van der Waals surface area contributed by atoms with Crippen LogP contribution in [0.15, 0.2) is 45.3 Å². The second-order valence-corrected chi connectivity index (χ2v) is 15.2. The fraction of sp³-hybridized carbons (Fsp3) is 0.543. The number of nitrogens with zero attached hydrogens (tertiary/aromatic N) is 5. The number of ether oxygens (including phenoxy) is 1. The second-order valence-electron chi connectivity index (χ2n) is 13.5. The van der Waals surface area contributed by atoms with E-state index in [1.807, 2.05) is 34.1 Å². The maximum absolute atomic E-state index is 14.0. The number of phenols is 1. The molecule has 2 aromatic rings. The number of benzene rings is 2. The monoisotopic (exact) mass is 818 g/mol. The number of anilines is 1. The van der Waals surface area contributed by atoms with E-state index in [1.54, 1.807) is 21.9 Å². The van der Waals surface area contributed by atoms with Crippen LogP contribution in [0.25, 0.3) is 0 Å². The minimum atomic E-state index is -1.06. The summed E-state index contributed by atoms with van der Waals surface area (Å²) in [5.41, 5.74) is 2.66. The van der Waals surface area contributed by atoms with Crippen molar-refractivity contribution in [1.82, 2.24) is 24.5 Å². The third-order valence-electron chi connectivity index (χ3n) is 10.4. The Balaban J connectivity index is 1.06. The molecule has 0 aliphatic carbocycles. The Morgan fingerprint density at radius 3 is 2.14 bits per heavy atom. The number of hydrogen-bond acceptors (Lipinski definition) is 8. The number of carboxylic acid groups (broad SMARTS) is 1. The number of carbonyl (C=O) groups excluding carboxylic acids is 3. The first-order valence-electron chi connectivity index (χ1n) is 17.3. The molecule has 13 nitrogen and oxygen atoms in total. The number of amides is 4.